The first-order chi connectivity index (χ1) is 16.8. The fourth-order valence-electron chi connectivity index (χ4n) is 3.09. The standard InChI is InChI=1S/C25H17BrCl2N2O4S/c1-33-20-9-16(18(26)12-21(20)34-13-15-7-8-17(27)11-19(15)28)10-22-24(32)30-25(35-22)29-23(31)14-5-3-2-4-6-14/h2-12H,13H2,1H3,(H,29,30,31,32)/b22-10-. The Kier molecular flexibility index (Phi) is 8.18. The van der Waals surface area contributed by atoms with Gasteiger partial charge in [0.2, 0.25) is 0 Å². The third-order valence-corrected chi connectivity index (χ3v) is 7.03. The number of carbonyl (C=O) groups excluding carboxylic acids is 2. The number of nitrogens with one attached hydrogen (secondary N) is 1. The molecule has 1 saturated heterocycles. The molecule has 0 bridgehead atoms. The fourth-order valence-corrected chi connectivity index (χ4v) is 4.80. The molecule has 1 N–H and O–H groups in total. The predicted octanol–water partition coefficient (Wildman–Crippen LogP) is 6.74. The number of benzene rings is 3. The largest absolute Gasteiger partial charge is 0.493 e. The van der Waals surface area contributed by atoms with Gasteiger partial charge in [-0.15, -0.1) is 0 Å². The number of ether oxygens (including phenoxy) is 2. The van der Waals surface area contributed by atoms with Crippen LogP contribution in [0.3, 0.4) is 0 Å². The fraction of sp³-hybridized carbons (Fsp3) is 0.0800. The summed E-state index contributed by atoms with van der Waals surface area (Å²) in [5, 5.41) is 3.89. The SMILES string of the molecule is COc1cc(/C=C2\SC(=NC(=O)c3ccccc3)NC2=O)c(Br)cc1OCc1ccc(Cl)cc1Cl. The quantitative estimate of drug-likeness (QED) is 0.321. The zero-order chi connectivity index (χ0) is 24.9. The Morgan fingerprint density at radius 2 is 1.89 bits per heavy atom. The van der Waals surface area contributed by atoms with Crippen LogP contribution in [0.4, 0.5) is 0 Å². The van der Waals surface area contributed by atoms with Crippen molar-refractivity contribution in [2.45, 2.75) is 6.61 Å². The van der Waals surface area contributed by atoms with Crippen LogP contribution < -0.4 is 14.8 Å². The maximum atomic E-state index is 12.5. The Morgan fingerprint density at radius 3 is 2.60 bits per heavy atom. The molecule has 0 atom stereocenters. The number of carbonyl (C=O) groups is 2. The molecule has 3 aromatic rings. The van der Waals surface area contributed by atoms with E-state index in [-0.39, 0.29) is 17.7 Å². The van der Waals surface area contributed by atoms with E-state index >= 15 is 0 Å². The predicted molar refractivity (Wildman–Crippen MR) is 143 cm³/mol. The van der Waals surface area contributed by atoms with Crippen LogP contribution in [0.15, 0.2) is 75.0 Å². The van der Waals surface area contributed by atoms with Gasteiger partial charge in [0.05, 0.1) is 12.0 Å². The normalized spacial score (nSPS) is 15.4. The monoisotopic (exact) mass is 590 g/mol. The van der Waals surface area contributed by atoms with Crippen molar-refractivity contribution in [1.29, 1.82) is 0 Å². The van der Waals surface area contributed by atoms with Crippen molar-refractivity contribution >= 4 is 74.0 Å². The summed E-state index contributed by atoms with van der Waals surface area (Å²) in [7, 11) is 1.53. The zero-order valence-electron chi connectivity index (χ0n) is 18.2. The average Bonchev–Trinajstić information content (AvgIpc) is 3.18. The van der Waals surface area contributed by atoms with Crippen LogP contribution in [-0.2, 0) is 11.4 Å². The van der Waals surface area contributed by atoms with E-state index in [1.807, 2.05) is 6.07 Å². The van der Waals surface area contributed by atoms with Crippen molar-refractivity contribution in [3.05, 3.63) is 96.8 Å². The molecule has 0 spiro atoms. The number of hydrogen-bond donors (Lipinski definition) is 1. The summed E-state index contributed by atoms with van der Waals surface area (Å²) in [5.74, 6) is 0.187. The molecule has 6 nitrogen and oxygen atoms in total. The molecule has 0 aromatic heterocycles. The molecule has 2 amide bonds. The Hall–Kier alpha value is -2.78. The molecule has 3 aromatic carbocycles. The highest BCUT2D eigenvalue weighted by molar-refractivity contribution is 9.10. The van der Waals surface area contributed by atoms with Crippen molar-refractivity contribution in [1.82, 2.24) is 5.32 Å². The summed E-state index contributed by atoms with van der Waals surface area (Å²) in [4.78, 5) is 29.2. The summed E-state index contributed by atoms with van der Waals surface area (Å²) in [5.41, 5.74) is 1.90. The van der Waals surface area contributed by atoms with Gasteiger partial charge in [-0.25, -0.2) is 0 Å². The summed E-state index contributed by atoms with van der Waals surface area (Å²) in [6, 6.07) is 17.3. The third-order valence-electron chi connectivity index (χ3n) is 4.84. The van der Waals surface area contributed by atoms with E-state index in [1.165, 1.54) is 7.11 Å². The van der Waals surface area contributed by atoms with Gasteiger partial charge in [-0.1, -0.05) is 63.4 Å². The Balaban J connectivity index is 1.52. The van der Waals surface area contributed by atoms with Crippen molar-refractivity contribution in [3.63, 3.8) is 0 Å². The third kappa shape index (κ3) is 6.27. The molecule has 10 heteroatoms. The Bertz CT molecular complexity index is 1360. The lowest BCUT2D eigenvalue weighted by molar-refractivity contribution is -0.115. The minimum absolute atomic E-state index is 0.215. The molecule has 1 aliphatic rings. The van der Waals surface area contributed by atoms with Crippen molar-refractivity contribution in [3.8, 4) is 11.5 Å². The van der Waals surface area contributed by atoms with Gasteiger partial charge >= 0.3 is 0 Å². The number of amidine groups is 1. The van der Waals surface area contributed by atoms with Gasteiger partial charge < -0.3 is 14.8 Å². The summed E-state index contributed by atoms with van der Waals surface area (Å²) < 4.78 is 12.1. The highest BCUT2D eigenvalue weighted by Crippen LogP contribution is 2.37. The molecular weight excluding hydrogens is 575 g/mol. The molecule has 1 aliphatic heterocycles. The van der Waals surface area contributed by atoms with Crippen LogP contribution in [0.25, 0.3) is 6.08 Å². The number of methoxy groups -OCH3 is 1. The molecule has 178 valence electrons. The molecule has 0 saturated carbocycles. The lowest BCUT2D eigenvalue weighted by atomic mass is 10.1. The first kappa shape index (κ1) is 25.3. The molecule has 1 heterocycles. The maximum absolute atomic E-state index is 12.5. The highest BCUT2D eigenvalue weighted by Gasteiger charge is 2.25. The second-order valence-corrected chi connectivity index (χ2v) is 9.93. The summed E-state index contributed by atoms with van der Waals surface area (Å²) >= 11 is 16.8. The first-order valence-electron chi connectivity index (χ1n) is 10.2. The van der Waals surface area contributed by atoms with Crippen LogP contribution in [0.5, 0.6) is 11.5 Å². The average molecular weight is 592 g/mol. The summed E-state index contributed by atoms with van der Waals surface area (Å²) in [6.07, 6.45) is 1.68. The van der Waals surface area contributed by atoms with Crippen LogP contribution in [0.2, 0.25) is 10.0 Å². The second kappa shape index (κ2) is 11.3. The van der Waals surface area contributed by atoms with Gasteiger partial charge in [-0.2, -0.15) is 4.99 Å². The topological polar surface area (TPSA) is 77.0 Å². The van der Waals surface area contributed by atoms with E-state index in [2.05, 4.69) is 26.2 Å². The Labute approximate surface area is 224 Å². The first-order valence-corrected chi connectivity index (χ1v) is 12.5. The number of aliphatic imine (C=N–C) groups is 1. The number of hydrogen-bond acceptors (Lipinski definition) is 5. The van der Waals surface area contributed by atoms with Gasteiger partial charge in [-0.3, -0.25) is 9.59 Å². The van der Waals surface area contributed by atoms with Crippen LogP contribution >= 0.6 is 50.9 Å². The lowest BCUT2D eigenvalue weighted by Crippen LogP contribution is -2.20. The minimum atomic E-state index is -0.431. The van der Waals surface area contributed by atoms with E-state index in [4.69, 9.17) is 32.7 Å². The van der Waals surface area contributed by atoms with Crippen molar-refractivity contribution < 1.29 is 19.1 Å². The van der Waals surface area contributed by atoms with Crippen LogP contribution in [0.1, 0.15) is 21.5 Å². The number of thioether (sulfide) groups is 1. The Morgan fingerprint density at radius 1 is 1.11 bits per heavy atom. The molecular formula is C25H17BrCl2N2O4S. The van der Waals surface area contributed by atoms with Crippen molar-refractivity contribution in [2.24, 2.45) is 4.99 Å². The van der Waals surface area contributed by atoms with E-state index in [0.717, 1.165) is 17.3 Å². The molecule has 0 unspecified atom stereocenters. The number of halogens is 3. The lowest BCUT2D eigenvalue weighted by Gasteiger charge is -2.14. The number of nitrogens with zero attached hydrogens (tertiary/aromatic N) is 1. The van der Waals surface area contributed by atoms with E-state index in [9.17, 15) is 9.59 Å². The summed E-state index contributed by atoms with van der Waals surface area (Å²) in [6.45, 7) is 0.215. The molecule has 1 fully saturated rings. The van der Waals surface area contributed by atoms with Gasteiger partial charge in [-0.05, 0) is 59.8 Å². The van der Waals surface area contributed by atoms with Crippen LogP contribution in [-0.4, -0.2) is 24.1 Å². The van der Waals surface area contributed by atoms with Gasteiger partial charge in [0, 0.05) is 25.6 Å². The van der Waals surface area contributed by atoms with Gasteiger partial charge in [0.25, 0.3) is 11.8 Å². The molecule has 35 heavy (non-hydrogen) atoms. The van der Waals surface area contributed by atoms with Crippen molar-refractivity contribution in [2.75, 3.05) is 7.11 Å². The highest BCUT2D eigenvalue weighted by atomic mass is 79.9. The van der Waals surface area contributed by atoms with E-state index in [0.29, 0.717) is 42.0 Å². The van der Waals surface area contributed by atoms with Gasteiger partial charge in [0.15, 0.2) is 16.7 Å². The molecule has 0 radical (unpaired) electrons. The van der Waals surface area contributed by atoms with E-state index in [1.54, 1.807) is 60.7 Å². The minimum Gasteiger partial charge on any atom is -0.493 e. The zero-order valence-corrected chi connectivity index (χ0v) is 22.1. The van der Waals surface area contributed by atoms with Crippen LogP contribution in [0, 0.1) is 0 Å². The molecule has 0 aliphatic carbocycles. The number of rotatable bonds is 6. The molecule has 4 rings (SSSR count). The number of amides is 2. The van der Waals surface area contributed by atoms with E-state index < -0.39 is 5.91 Å². The maximum Gasteiger partial charge on any atom is 0.279 e. The smallest absolute Gasteiger partial charge is 0.279 e. The van der Waals surface area contributed by atoms with Gasteiger partial charge in [0.1, 0.15) is 6.61 Å². The second-order valence-electron chi connectivity index (χ2n) is 7.20.